The molecule has 2 atom stereocenters. The van der Waals surface area contributed by atoms with Gasteiger partial charge < -0.3 is 10.5 Å². The third kappa shape index (κ3) is 1.80. The summed E-state index contributed by atoms with van der Waals surface area (Å²) in [7, 11) is 0. The molecule has 4 heterocycles. The summed E-state index contributed by atoms with van der Waals surface area (Å²) in [6, 6.07) is 4.71. The van der Waals surface area contributed by atoms with Gasteiger partial charge in [0.25, 0.3) is 0 Å². The lowest BCUT2D eigenvalue weighted by atomic mass is 9.78. The predicted octanol–water partition coefficient (Wildman–Crippen LogP) is 1.39. The van der Waals surface area contributed by atoms with Crippen molar-refractivity contribution < 1.29 is 10.0 Å². The molecule has 2 bridgehead atoms. The van der Waals surface area contributed by atoms with Crippen LogP contribution in [-0.4, -0.2) is 39.8 Å². The highest BCUT2D eigenvalue weighted by molar-refractivity contribution is 5.95. The van der Waals surface area contributed by atoms with Crippen LogP contribution in [0.1, 0.15) is 24.4 Å². The van der Waals surface area contributed by atoms with Crippen LogP contribution in [0.5, 0.6) is 5.75 Å². The molecule has 7 heteroatoms. The molecule has 4 aliphatic rings. The van der Waals surface area contributed by atoms with Crippen LogP contribution in [0.25, 0.3) is 0 Å². The first kappa shape index (κ1) is 12.6. The van der Waals surface area contributed by atoms with Crippen molar-refractivity contribution >= 4 is 11.4 Å². The number of aromatic hydroxyl groups is 1. The molecule has 2 unspecified atom stereocenters. The summed E-state index contributed by atoms with van der Waals surface area (Å²) in [4.78, 5) is 12.8. The number of piperidine rings is 3. The van der Waals surface area contributed by atoms with E-state index in [2.05, 4.69) is 15.4 Å². The molecule has 0 saturated carbocycles. The number of hydrazone groups is 1. The zero-order valence-electron chi connectivity index (χ0n) is 11.4. The minimum absolute atomic E-state index is 0.0672. The second-order valence-corrected chi connectivity index (χ2v) is 5.90. The zero-order chi connectivity index (χ0) is 14.6. The number of phenolic OH excluding ortho intramolecular Hbond substituents is 1. The molecule has 0 amide bonds. The lowest BCUT2D eigenvalue weighted by Gasteiger charge is -2.45. The van der Waals surface area contributed by atoms with Crippen LogP contribution in [0, 0.1) is 16.0 Å². The van der Waals surface area contributed by atoms with E-state index in [4.69, 9.17) is 0 Å². The molecule has 0 radical (unpaired) electrons. The molecule has 1 aromatic carbocycles. The maximum atomic E-state index is 11.0. The van der Waals surface area contributed by atoms with Crippen LogP contribution >= 0.6 is 0 Å². The molecule has 3 fully saturated rings. The maximum Gasteiger partial charge on any atom is 0.311 e. The van der Waals surface area contributed by atoms with Crippen molar-refractivity contribution in [3.63, 3.8) is 0 Å². The average molecular weight is 288 g/mol. The molecule has 0 aliphatic carbocycles. The number of hydrogen-bond acceptors (Lipinski definition) is 6. The summed E-state index contributed by atoms with van der Waals surface area (Å²) < 4.78 is 0. The fraction of sp³-hybridized carbons (Fsp3) is 0.500. The van der Waals surface area contributed by atoms with Crippen molar-refractivity contribution in [3.05, 3.63) is 33.9 Å². The number of nitro benzene ring substituents is 1. The van der Waals surface area contributed by atoms with Crippen molar-refractivity contribution in [3.8, 4) is 5.75 Å². The van der Waals surface area contributed by atoms with Crippen LogP contribution in [0.3, 0.4) is 0 Å². The number of nitrogens with zero attached hydrogens (tertiary/aromatic N) is 3. The third-order valence-corrected chi connectivity index (χ3v) is 4.85. The van der Waals surface area contributed by atoms with Crippen molar-refractivity contribution in [2.75, 3.05) is 13.1 Å². The first-order chi connectivity index (χ1) is 10.1. The second kappa shape index (κ2) is 4.42. The van der Waals surface area contributed by atoms with Crippen LogP contribution in [-0.2, 0) is 0 Å². The molecule has 110 valence electrons. The number of fused-ring (bicyclic) bond motifs is 2. The summed E-state index contributed by atoms with van der Waals surface area (Å²) in [5.74, 6) is 0.248. The molecular formula is C14H16N4O3. The van der Waals surface area contributed by atoms with Gasteiger partial charge in [-0.05, 0) is 37.6 Å². The van der Waals surface area contributed by atoms with Crippen LogP contribution in [0.15, 0.2) is 23.3 Å². The molecular weight excluding hydrogens is 272 g/mol. The number of phenols is 1. The Morgan fingerprint density at radius 2 is 2.14 bits per heavy atom. The SMILES string of the molecule is O=[N+]([O-])c1cc(C2NN=C3C4CCN(CC4)C32)ccc1O. The molecule has 7 nitrogen and oxygen atoms in total. The topological polar surface area (TPSA) is 91.0 Å². The van der Waals surface area contributed by atoms with E-state index >= 15 is 0 Å². The highest BCUT2D eigenvalue weighted by atomic mass is 16.6. The Kier molecular flexibility index (Phi) is 2.65. The molecule has 2 N–H and O–H groups in total. The highest BCUT2D eigenvalue weighted by Gasteiger charge is 2.47. The number of nitro groups is 1. The van der Waals surface area contributed by atoms with Gasteiger partial charge in [0.2, 0.25) is 0 Å². The first-order valence-electron chi connectivity index (χ1n) is 7.19. The Hall–Kier alpha value is -2.15. The van der Waals surface area contributed by atoms with Gasteiger partial charge in [0, 0.05) is 12.0 Å². The van der Waals surface area contributed by atoms with Crippen LogP contribution < -0.4 is 5.43 Å². The molecule has 5 rings (SSSR count). The van der Waals surface area contributed by atoms with Crippen molar-refractivity contribution in [1.82, 2.24) is 10.3 Å². The van der Waals surface area contributed by atoms with E-state index in [1.807, 2.05) is 0 Å². The van der Waals surface area contributed by atoms with E-state index in [9.17, 15) is 15.2 Å². The summed E-state index contributed by atoms with van der Waals surface area (Å²) in [6.07, 6.45) is 2.30. The second-order valence-electron chi connectivity index (χ2n) is 5.90. The molecule has 4 aliphatic heterocycles. The molecule has 1 aromatic rings. The number of benzene rings is 1. The number of rotatable bonds is 2. The van der Waals surface area contributed by atoms with Crippen LogP contribution in [0.4, 0.5) is 5.69 Å². The minimum Gasteiger partial charge on any atom is -0.502 e. The van der Waals surface area contributed by atoms with Gasteiger partial charge in [-0.2, -0.15) is 5.10 Å². The Balaban J connectivity index is 1.69. The van der Waals surface area contributed by atoms with E-state index in [1.54, 1.807) is 6.07 Å². The molecule has 21 heavy (non-hydrogen) atoms. The number of hydrogen-bond donors (Lipinski definition) is 2. The van der Waals surface area contributed by atoms with Crippen molar-refractivity contribution in [2.45, 2.75) is 24.9 Å². The Morgan fingerprint density at radius 3 is 2.86 bits per heavy atom. The van der Waals surface area contributed by atoms with Gasteiger partial charge in [0.05, 0.1) is 22.7 Å². The standard InChI is InChI=1S/C14H16N4O3/c19-11-2-1-9(7-10(11)18(20)21)13-14-12(15-16-13)8-3-5-17(14)6-4-8/h1-2,7-8,13-14,16,19H,3-6H2. The van der Waals surface area contributed by atoms with Crippen molar-refractivity contribution in [1.29, 1.82) is 0 Å². The van der Waals surface area contributed by atoms with Gasteiger partial charge in [-0.15, -0.1) is 0 Å². The van der Waals surface area contributed by atoms with Gasteiger partial charge >= 0.3 is 5.69 Å². The lowest BCUT2D eigenvalue weighted by Crippen LogP contribution is -2.56. The summed E-state index contributed by atoms with van der Waals surface area (Å²) in [5, 5.41) is 25.1. The van der Waals surface area contributed by atoms with E-state index < -0.39 is 4.92 Å². The Morgan fingerprint density at radius 1 is 1.38 bits per heavy atom. The van der Waals surface area contributed by atoms with Gasteiger partial charge in [-0.1, -0.05) is 6.07 Å². The Bertz CT molecular complexity index is 637. The maximum absolute atomic E-state index is 11.0. The Labute approximate surface area is 121 Å². The third-order valence-electron chi connectivity index (χ3n) is 4.85. The number of nitrogens with one attached hydrogen (secondary N) is 1. The van der Waals surface area contributed by atoms with E-state index in [-0.39, 0.29) is 23.5 Å². The molecule has 3 saturated heterocycles. The fourth-order valence-corrected chi connectivity index (χ4v) is 3.79. The van der Waals surface area contributed by atoms with E-state index in [0.717, 1.165) is 31.5 Å². The zero-order valence-corrected chi connectivity index (χ0v) is 11.4. The average Bonchev–Trinajstić information content (AvgIpc) is 2.96. The van der Waals surface area contributed by atoms with Gasteiger partial charge in [-0.3, -0.25) is 15.0 Å². The highest BCUT2D eigenvalue weighted by Crippen LogP contribution is 2.40. The van der Waals surface area contributed by atoms with Gasteiger partial charge in [0.1, 0.15) is 0 Å². The fourth-order valence-electron chi connectivity index (χ4n) is 3.79. The summed E-state index contributed by atoms with van der Waals surface area (Å²) in [5.41, 5.74) is 4.88. The predicted molar refractivity (Wildman–Crippen MR) is 76.2 cm³/mol. The normalized spacial score (nSPS) is 33.2. The van der Waals surface area contributed by atoms with Gasteiger partial charge in [-0.25, -0.2) is 0 Å². The molecule has 0 spiro atoms. The molecule has 0 aromatic heterocycles. The lowest BCUT2D eigenvalue weighted by molar-refractivity contribution is -0.385. The summed E-state index contributed by atoms with van der Waals surface area (Å²) >= 11 is 0. The van der Waals surface area contributed by atoms with E-state index in [1.165, 1.54) is 17.8 Å². The van der Waals surface area contributed by atoms with Crippen molar-refractivity contribution in [2.24, 2.45) is 11.0 Å². The quantitative estimate of drug-likeness (QED) is 0.634. The first-order valence-corrected chi connectivity index (χ1v) is 7.19. The summed E-state index contributed by atoms with van der Waals surface area (Å²) in [6.45, 7) is 2.12. The van der Waals surface area contributed by atoms with Gasteiger partial charge in [0.15, 0.2) is 5.75 Å². The minimum atomic E-state index is -0.553. The monoisotopic (exact) mass is 288 g/mol. The smallest absolute Gasteiger partial charge is 0.311 e. The van der Waals surface area contributed by atoms with Crippen LogP contribution in [0.2, 0.25) is 0 Å². The van der Waals surface area contributed by atoms with E-state index in [0.29, 0.717) is 5.92 Å². The largest absolute Gasteiger partial charge is 0.502 e.